The number of hydrogen-bond donors (Lipinski definition) is 0. The highest BCUT2D eigenvalue weighted by Gasteiger charge is 2.14. The van der Waals surface area contributed by atoms with Crippen molar-refractivity contribution in [1.29, 1.82) is 0 Å². The molecule has 7 rings (SSSR count). The summed E-state index contributed by atoms with van der Waals surface area (Å²) in [5.74, 6) is 0.712. The van der Waals surface area contributed by atoms with E-state index in [2.05, 4.69) is 77.4 Å². The van der Waals surface area contributed by atoms with Crippen LogP contribution >= 0.6 is 0 Å². The van der Waals surface area contributed by atoms with Gasteiger partial charge in [0.2, 0.25) is 0 Å². The van der Waals surface area contributed by atoms with Crippen LogP contribution in [0.1, 0.15) is 0 Å². The third kappa shape index (κ3) is 3.79. The fraction of sp³-hybridized carbons (Fsp3) is 0. The average Bonchev–Trinajstić information content (AvgIpc) is 3.33. The molecule has 2 heterocycles. The molecule has 0 atom stereocenters. The van der Waals surface area contributed by atoms with E-state index < -0.39 is 0 Å². The number of nitrogens with zero attached hydrogens (tertiary/aromatic N) is 3. The largest absolute Gasteiger partial charge is 0.309 e. The molecule has 0 saturated carbocycles. The van der Waals surface area contributed by atoms with Gasteiger partial charge in [0.05, 0.1) is 22.4 Å². The molecule has 0 amide bonds. The summed E-state index contributed by atoms with van der Waals surface area (Å²) in [6.07, 6.45) is 0. The van der Waals surface area contributed by atoms with Crippen LogP contribution in [-0.2, 0) is 0 Å². The lowest BCUT2D eigenvalue weighted by Crippen LogP contribution is -2.02. The first-order chi connectivity index (χ1) is 18.8. The van der Waals surface area contributed by atoms with E-state index in [-0.39, 0.29) is 0 Å². The lowest BCUT2D eigenvalue weighted by Gasteiger charge is -2.11. The molecule has 0 N–H and O–H groups in total. The van der Waals surface area contributed by atoms with E-state index in [0.717, 1.165) is 61.0 Å². The molecule has 38 heavy (non-hydrogen) atoms. The van der Waals surface area contributed by atoms with Crippen LogP contribution < -0.4 is 5.46 Å². The molecule has 4 heteroatoms. The third-order valence-corrected chi connectivity index (χ3v) is 6.98. The number of hydrogen-bond acceptors (Lipinski definition) is 2. The highest BCUT2D eigenvalue weighted by atomic mass is 15.0. The summed E-state index contributed by atoms with van der Waals surface area (Å²) in [4.78, 5) is 9.88. The van der Waals surface area contributed by atoms with E-state index in [1.807, 2.05) is 60.7 Å². The Kier molecular flexibility index (Phi) is 5.37. The van der Waals surface area contributed by atoms with Gasteiger partial charge in [-0.05, 0) is 30.3 Å². The average molecular weight is 483 g/mol. The molecular weight excluding hydrogens is 461 g/mol. The lowest BCUT2D eigenvalue weighted by molar-refractivity contribution is 1.17. The maximum atomic E-state index is 6.41. The maximum Gasteiger partial charge on any atom is 0.160 e. The van der Waals surface area contributed by atoms with Crippen molar-refractivity contribution in [2.45, 2.75) is 0 Å². The number of rotatable bonds is 4. The quantitative estimate of drug-likeness (QED) is 0.245. The van der Waals surface area contributed by atoms with Gasteiger partial charge in [-0.15, -0.1) is 0 Å². The Morgan fingerprint density at radius 3 is 1.79 bits per heavy atom. The van der Waals surface area contributed by atoms with Crippen LogP contribution in [0, 0.1) is 0 Å². The fourth-order valence-corrected chi connectivity index (χ4v) is 5.17. The van der Waals surface area contributed by atoms with Crippen LogP contribution in [0.25, 0.3) is 61.4 Å². The standard InChI is InChI=1S/C34H22BN3/c35-28-15-9-17-32-33(28)27-14-7-8-16-31(27)38(32)26-20-18-24(19-21-26)30-22-29(23-10-3-1-4-11-23)36-34(37-30)25-12-5-2-6-13-25/h1-22H. The summed E-state index contributed by atoms with van der Waals surface area (Å²) in [5, 5.41) is 2.24. The molecule has 5 aromatic carbocycles. The van der Waals surface area contributed by atoms with Crippen molar-refractivity contribution in [1.82, 2.24) is 14.5 Å². The zero-order valence-electron chi connectivity index (χ0n) is 20.6. The van der Waals surface area contributed by atoms with Crippen molar-refractivity contribution < 1.29 is 0 Å². The first-order valence-electron chi connectivity index (χ1n) is 12.6. The molecule has 0 aliphatic carbocycles. The van der Waals surface area contributed by atoms with Gasteiger partial charge in [-0.1, -0.05) is 109 Å². The van der Waals surface area contributed by atoms with Gasteiger partial charge in [-0.25, -0.2) is 9.97 Å². The normalized spacial score (nSPS) is 11.3. The Bertz CT molecular complexity index is 1850. The van der Waals surface area contributed by atoms with Gasteiger partial charge in [0, 0.05) is 33.2 Å². The summed E-state index contributed by atoms with van der Waals surface area (Å²) in [6, 6.07) is 45.5. The van der Waals surface area contributed by atoms with E-state index in [9.17, 15) is 0 Å². The maximum absolute atomic E-state index is 6.41. The lowest BCUT2D eigenvalue weighted by atomic mass is 9.91. The van der Waals surface area contributed by atoms with E-state index in [4.69, 9.17) is 17.8 Å². The van der Waals surface area contributed by atoms with E-state index in [0.29, 0.717) is 5.82 Å². The molecule has 7 aromatic rings. The van der Waals surface area contributed by atoms with Gasteiger partial charge >= 0.3 is 0 Å². The molecular formula is C34H22BN3. The molecule has 2 aromatic heterocycles. The van der Waals surface area contributed by atoms with Gasteiger partial charge in [-0.2, -0.15) is 0 Å². The topological polar surface area (TPSA) is 30.7 Å². The van der Waals surface area contributed by atoms with Crippen molar-refractivity contribution in [2.75, 3.05) is 0 Å². The number of benzene rings is 5. The van der Waals surface area contributed by atoms with Crippen molar-refractivity contribution in [3.8, 4) is 39.6 Å². The van der Waals surface area contributed by atoms with E-state index in [1.54, 1.807) is 0 Å². The van der Waals surface area contributed by atoms with Crippen LogP contribution in [0.15, 0.2) is 133 Å². The van der Waals surface area contributed by atoms with Gasteiger partial charge in [-0.3, -0.25) is 0 Å². The monoisotopic (exact) mass is 483 g/mol. The van der Waals surface area contributed by atoms with Crippen LogP contribution in [-0.4, -0.2) is 22.4 Å². The first-order valence-corrected chi connectivity index (χ1v) is 12.6. The Hall–Kier alpha value is -4.96. The van der Waals surface area contributed by atoms with Crippen molar-refractivity contribution in [2.24, 2.45) is 0 Å². The number of fused-ring (bicyclic) bond motifs is 3. The molecule has 2 radical (unpaired) electrons. The second-order valence-electron chi connectivity index (χ2n) is 9.33. The second kappa shape index (κ2) is 9.17. The van der Waals surface area contributed by atoms with Crippen molar-refractivity contribution in [3.05, 3.63) is 133 Å². The molecule has 0 aliphatic rings. The van der Waals surface area contributed by atoms with Crippen LogP contribution in [0.5, 0.6) is 0 Å². The third-order valence-electron chi connectivity index (χ3n) is 6.98. The molecule has 3 nitrogen and oxygen atoms in total. The molecule has 0 bridgehead atoms. The zero-order valence-corrected chi connectivity index (χ0v) is 20.6. The first kappa shape index (κ1) is 22.3. The van der Waals surface area contributed by atoms with E-state index >= 15 is 0 Å². The minimum atomic E-state index is 0.712. The summed E-state index contributed by atoms with van der Waals surface area (Å²) >= 11 is 0. The zero-order chi connectivity index (χ0) is 25.5. The summed E-state index contributed by atoms with van der Waals surface area (Å²) < 4.78 is 2.27. The second-order valence-corrected chi connectivity index (χ2v) is 9.33. The van der Waals surface area contributed by atoms with Crippen molar-refractivity contribution >= 4 is 35.1 Å². The Labute approximate surface area is 222 Å². The summed E-state index contributed by atoms with van der Waals surface area (Å²) in [7, 11) is 6.41. The summed E-state index contributed by atoms with van der Waals surface area (Å²) in [6.45, 7) is 0. The van der Waals surface area contributed by atoms with E-state index in [1.165, 1.54) is 0 Å². The number of aromatic nitrogens is 3. The molecule has 0 aliphatic heterocycles. The molecule has 0 saturated heterocycles. The van der Waals surface area contributed by atoms with Gasteiger partial charge in [0.25, 0.3) is 0 Å². The predicted molar refractivity (Wildman–Crippen MR) is 158 cm³/mol. The Morgan fingerprint density at radius 2 is 1.08 bits per heavy atom. The molecule has 0 fully saturated rings. The Morgan fingerprint density at radius 1 is 0.500 bits per heavy atom. The highest BCUT2D eigenvalue weighted by molar-refractivity contribution is 6.41. The van der Waals surface area contributed by atoms with Crippen LogP contribution in [0.3, 0.4) is 0 Å². The summed E-state index contributed by atoms with van der Waals surface area (Å²) in [5.41, 5.74) is 8.96. The van der Waals surface area contributed by atoms with Gasteiger partial charge in [0.1, 0.15) is 7.85 Å². The van der Waals surface area contributed by atoms with Crippen LogP contribution in [0.4, 0.5) is 0 Å². The number of para-hydroxylation sites is 1. The fourth-order valence-electron chi connectivity index (χ4n) is 5.17. The highest BCUT2D eigenvalue weighted by Crippen LogP contribution is 2.32. The van der Waals surface area contributed by atoms with Crippen LogP contribution in [0.2, 0.25) is 0 Å². The SMILES string of the molecule is [B]c1cccc2c1c1ccccc1n2-c1ccc(-c2cc(-c3ccccc3)nc(-c3ccccc3)n2)cc1. The smallest absolute Gasteiger partial charge is 0.160 e. The predicted octanol–water partition coefficient (Wildman–Crippen LogP) is 7.37. The van der Waals surface area contributed by atoms with Crippen molar-refractivity contribution in [3.63, 3.8) is 0 Å². The van der Waals surface area contributed by atoms with Gasteiger partial charge in [0.15, 0.2) is 5.82 Å². The molecule has 176 valence electrons. The Balaban J connectivity index is 1.37. The minimum Gasteiger partial charge on any atom is -0.309 e. The molecule has 0 unspecified atom stereocenters. The molecule has 0 spiro atoms. The minimum absolute atomic E-state index is 0.712. The van der Waals surface area contributed by atoms with Gasteiger partial charge < -0.3 is 4.57 Å².